The van der Waals surface area contributed by atoms with Crippen molar-refractivity contribution in [3.63, 3.8) is 0 Å². The molecule has 0 bridgehead atoms. The summed E-state index contributed by atoms with van der Waals surface area (Å²) in [5.74, 6) is 0. The van der Waals surface area contributed by atoms with Crippen LogP contribution in [-0.2, 0) is 5.41 Å². The lowest BCUT2D eigenvalue weighted by molar-refractivity contribution is 0.591. The molecule has 0 atom stereocenters. The summed E-state index contributed by atoms with van der Waals surface area (Å²) in [6.45, 7) is 14.4. The van der Waals surface area contributed by atoms with Gasteiger partial charge in [0.05, 0.1) is 0 Å². The monoisotopic (exact) mass is 236 g/mol. The third-order valence-corrected chi connectivity index (χ3v) is 3.35. The standard InChI is InChI=1S/C18H20/c1-6-13-10-15-8-9-17(18(3,4)5)12-16(15)11-14(13)7-2/h6-12H,1-2H2,3-5H3. The normalized spacial score (nSPS) is 11.5. The lowest BCUT2D eigenvalue weighted by Crippen LogP contribution is -2.10. The maximum Gasteiger partial charge on any atom is -0.0132 e. The van der Waals surface area contributed by atoms with E-state index in [9.17, 15) is 0 Å². The summed E-state index contributed by atoms with van der Waals surface area (Å²) < 4.78 is 0. The van der Waals surface area contributed by atoms with Crippen LogP contribution in [0, 0.1) is 0 Å². The lowest BCUT2D eigenvalue weighted by atomic mass is 9.85. The van der Waals surface area contributed by atoms with Crippen molar-refractivity contribution in [1.29, 1.82) is 0 Å². The van der Waals surface area contributed by atoms with Gasteiger partial charge in [-0.1, -0.05) is 64.3 Å². The average molecular weight is 236 g/mol. The van der Waals surface area contributed by atoms with Crippen molar-refractivity contribution in [3.8, 4) is 0 Å². The Morgan fingerprint density at radius 2 is 1.39 bits per heavy atom. The predicted octanol–water partition coefficient (Wildman–Crippen LogP) is 5.42. The van der Waals surface area contributed by atoms with E-state index in [1.165, 1.54) is 16.3 Å². The fraction of sp³-hybridized carbons (Fsp3) is 0.222. The first-order chi connectivity index (χ1) is 8.45. The fourth-order valence-corrected chi connectivity index (χ4v) is 2.15. The van der Waals surface area contributed by atoms with Crippen LogP contribution in [-0.4, -0.2) is 0 Å². The van der Waals surface area contributed by atoms with Crippen molar-refractivity contribution in [2.75, 3.05) is 0 Å². The van der Waals surface area contributed by atoms with Gasteiger partial charge in [-0.2, -0.15) is 0 Å². The molecule has 0 amide bonds. The quantitative estimate of drug-likeness (QED) is 0.652. The second-order valence-corrected chi connectivity index (χ2v) is 5.70. The predicted molar refractivity (Wildman–Crippen MR) is 82.8 cm³/mol. The molecule has 0 unspecified atom stereocenters. The van der Waals surface area contributed by atoms with Crippen LogP contribution in [0.2, 0.25) is 0 Å². The molecule has 0 aliphatic rings. The molecule has 0 aromatic heterocycles. The second-order valence-electron chi connectivity index (χ2n) is 5.70. The van der Waals surface area contributed by atoms with E-state index in [2.05, 4.69) is 64.3 Å². The molecule has 92 valence electrons. The summed E-state index contributed by atoms with van der Waals surface area (Å²) in [7, 11) is 0. The molecule has 0 N–H and O–H groups in total. The van der Waals surface area contributed by atoms with Gasteiger partial charge < -0.3 is 0 Å². The molecule has 0 radical (unpaired) electrons. The van der Waals surface area contributed by atoms with Crippen molar-refractivity contribution in [2.45, 2.75) is 26.2 Å². The number of fused-ring (bicyclic) bond motifs is 1. The average Bonchev–Trinajstić information content (AvgIpc) is 2.35. The molecule has 0 saturated heterocycles. The van der Waals surface area contributed by atoms with Crippen LogP contribution < -0.4 is 0 Å². The first-order valence-corrected chi connectivity index (χ1v) is 6.29. The summed E-state index contributed by atoms with van der Waals surface area (Å²) in [5, 5.41) is 2.52. The molecule has 2 rings (SSSR count). The fourth-order valence-electron chi connectivity index (χ4n) is 2.15. The Morgan fingerprint density at radius 1 is 0.833 bits per heavy atom. The zero-order valence-electron chi connectivity index (χ0n) is 11.5. The molecular formula is C18H20. The molecule has 0 fully saturated rings. The minimum atomic E-state index is 0.180. The molecule has 0 heteroatoms. The van der Waals surface area contributed by atoms with Crippen molar-refractivity contribution in [2.24, 2.45) is 0 Å². The molecule has 0 aliphatic heterocycles. The van der Waals surface area contributed by atoms with Crippen LogP contribution >= 0.6 is 0 Å². The highest BCUT2D eigenvalue weighted by Crippen LogP contribution is 2.28. The molecule has 0 aliphatic carbocycles. The Morgan fingerprint density at radius 3 is 1.89 bits per heavy atom. The number of hydrogen-bond acceptors (Lipinski definition) is 0. The zero-order valence-corrected chi connectivity index (χ0v) is 11.5. The van der Waals surface area contributed by atoms with Gasteiger partial charge in [0.25, 0.3) is 0 Å². The van der Waals surface area contributed by atoms with Crippen LogP contribution in [0.15, 0.2) is 43.5 Å². The Labute approximate surface area is 110 Å². The summed E-state index contributed by atoms with van der Waals surface area (Å²) in [4.78, 5) is 0. The highest BCUT2D eigenvalue weighted by molar-refractivity contribution is 5.89. The van der Waals surface area contributed by atoms with E-state index in [-0.39, 0.29) is 5.41 Å². The minimum absolute atomic E-state index is 0.180. The Bertz CT molecular complexity index is 610. The highest BCUT2D eigenvalue weighted by atomic mass is 14.2. The van der Waals surface area contributed by atoms with Crippen LogP contribution in [0.3, 0.4) is 0 Å². The first-order valence-electron chi connectivity index (χ1n) is 6.29. The Kier molecular flexibility index (Phi) is 3.13. The Hall–Kier alpha value is -1.82. The SMILES string of the molecule is C=Cc1cc2ccc(C(C)(C)C)cc2cc1C=C. The topological polar surface area (TPSA) is 0 Å². The number of benzene rings is 2. The van der Waals surface area contributed by atoms with E-state index < -0.39 is 0 Å². The van der Waals surface area contributed by atoms with Crippen molar-refractivity contribution in [1.82, 2.24) is 0 Å². The van der Waals surface area contributed by atoms with Crippen LogP contribution in [0.25, 0.3) is 22.9 Å². The molecule has 2 aromatic rings. The third-order valence-electron chi connectivity index (χ3n) is 3.35. The number of rotatable bonds is 2. The van der Waals surface area contributed by atoms with Gasteiger partial charge in [-0.05, 0) is 45.0 Å². The van der Waals surface area contributed by atoms with E-state index in [0.29, 0.717) is 0 Å². The van der Waals surface area contributed by atoms with E-state index in [1.54, 1.807) is 0 Å². The van der Waals surface area contributed by atoms with Gasteiger partial charge in [-0.15, -0.1) is 0 Å². The van der Waals surface area contributed by atoms with E-state index >= 15 is 0 Å². The maximum atomic E-state index is 3.87. The third kappa shape index (κ3) is 2.24. The molecule has 2 aromatic carbocycles. The smallest absolute Gasteiger partial charge is 0.0132 e. The van der Waals surface area contributed by atoms with E-state index in [4.69, 9.17) is 0 Å². The summed E-state index contributed by atoms with van der Waals surface area (Å²) in [6, 6.07) is 11.0. The first kappa shape index (κ1) is 12.6. The van der Waals surface area contributed by atoms with Gasteiger partial charge in [0.1, 0.15) is 0 Å². The van der Waals surface area contributed by atoms with Gasteiger partial charge in [0.15, 0.2) is 0 Å². The zero-order chi connectivity index (χ0) is 13.3. The van der Waals surface area contributed by atoms with E-state index in [1.807, 2.05) is 12.2 Å². The Balaban J connectivity index is 2.71. The second kappa shape index (κ2) is 4.45. The van der Waals surface area contributed by atoms with Gasteiger partial charge in [0.2, 0.25) is 0 Å². The highest BCUT2D eigenvalue weighted by Gasteiger charge is 2.13. The largest absolute Gasteiger partial charge is 0.0984 e. The van der Waals surface area contributed by atoms with Crippen molar-refractivity contribution < 1.29 is 0 Å². The molecule has 0 spiro atoms. The van der Waals surface area contributed by atoms with Crippen LogP contribution in [0.1, 0.15) is 37.5 Å². The summed E-state index contributed by atoms with van der Waals surface area (Å²) in [6.07, 6.45) is 3.77. The van der Waals surface area contributed by atoms with Gasteiger partial charge in [-0.25, -0.2) is 0 Å². The number of hydrogen-bond donors (Lipinski definition) is 0. The summed E-state index contributed by atoms with van der Waals surface area (Å²) >= 11 is 0. The summed E-state index contributed by atoms with van der Waals surface area (Å²) in [5.41, 5.74) is 3.82. The molecular weight excluding hydrogens is 216 g/mol. The lowest BCUT2D eigenvalue weighted by Gasteiger charge is -2.19. The molecule has 0 nitrogen and oxygen atoms in total. The van der Waals surface area contributed by atoms with Gasteiger partial charge in [0, 0.05) is 0 Å². The van der Waals surface area contributed by atoms with Crippen molar-refractivity contribution >= 4 is 22.9 Å². The maximum absolute atomic E-state index is 3.87. The molecule has 0 heterocycles. The van der Waals surface area contributed by atoms with E-state index in [0.717, 1.165) is 11.1 Å². The van der Waals surface area contributed by atoms with Crippen LogP contribution in [0.5, 0.6) is 0 Å². The molecule has 18 heavy (non-hydrogen) atoms. The van der Waals surface area contributed by atoms with Crippen molar-refractivity contribution in [3.05, 3.63) is 60.2 Å². The van der Waals surface area contributed by atoms with Gasteiger partial charge in [-0.3, -0.25) is 0 Å². The minimum Gasteiger partial charge on any atom is -0.0984 e. The van der Waals surface area contributed by atoms with Crippen LogP contribution in [0.4, 0.5) is 0 Å². The molecule has 0 saturated carbocycles. The van der Waals surface area contributed by atoms with Gasteiger partial charge >= 0.3 is 0 Å².